The molecule has 2 heterocycles. The number of hydrogen-bond acceptors (Lipinski definition) is 4. The average Bonchev–Trinajstić information content (AvgIpc) is 3.03. The zero-order valence-corrected chi connectivity index (χ0v) is 11.5. The molecule has 6 nitrogen and oxygen atoms in total. The zero-order chi connectivity index (χ0) is 15.0. The van der Waals surface area contributed by atoms with Gasteiger partial charge in [-0.2, -0.15) is 5.26 Å². The van der Waals surface area contributed by atoms with E-state index in [1.807, 2.05) is 38.1 Å². The molecule has 104 valence electrons. The molecule has 0 saturated carbocycles. The van der Waals surface area contributed by atoms with E-state index in [4.69, 9.17) is 9.68 Å². The Morgan fingerprint density at radius 2 is 2.24 bits per heavy atom. The minimum absolute atomic E-state index is 0.193. The number of rotatable bonds is 2. The molecule has 21 heavy (non-hydrogen) atoms. The van der Waals surface area contributed by atoms with Crippen LogP contribution in [0.1, 0.15) is 27.4 Å². The van der Waals surface area contributed by atoms with Crippen LogP contribution in [0, 0.1) is 25.2 Å². The van der Waals surface area contributed by atoms with Crippen molar-refractivity contribution in [1.29, 1.82) is 5.26 Å². The third-order valence-electron chi connectivity index (χ3n) is 3.28. The number of H-pyrrole nitrogens is 1. The highest BCUT2D eigenvalue weighted by Gasteiger charge is 2.19. The van der Waals surface area contributed by atoms with Crippen LogP contribution in [0.2, 0.25) is 0 Å². The molecule has 0 atom stereocenters. The average molecular weight is 280 g/mol. The highest BCUT2D eigenvalue weighted by atomic mass is 16.3. The number of aromatic amines is 1. The first-order valence-electron chi connectivity index (χ1n) is 6.34. The normalized spacial score (nSPS) is 10.5. The maximum atomic E-state index is 12.3. The molecule has 0 bridgehead atoms. The minimum atomic E-state index is -0.426. The summed E-state index contributed by atoms with van der Waals surface area (Å²) in [6, 6.07) is 7.69. The fourth-order valence-electron chi connectivity index (χ4n) is 2.19. The SMILES string of the molecule is Cc1ccc2c(C)c(C(=O)Nc3nc[nH]c3C#N)oc2c1. The van der Waals surface area contributed by atoms with E-state index in [9.17, 15) is 4.79 Å². The Labute approximate surface area is 120 Å². The second-order valence-corrected chi connectivity index (χ2v) is 4.75. The molecule has 3 rings (SSSR count). The van der Waals surface area contributed by atoms with Crippen molar-refractivity contribution in [1.82, 2.24) is 9.97 Å². The number of benzene rings is 1. The number of imidazole rings is 1. The van der Waals surface area contributed by atoms with Crippen molar-refractivity contribution in [2.75, 3.05) is 5.32 Å². The van der Waals surface area contributed by atoms with E-state index in [1.165, 1.54) is 6.33 Å². The number of amides is 1. The van der Waals surface area contributed by atoms with E-state index in [1.54, 1.807) is 0 Å². The van der Waals surface area contributed by atoms with Gasteiger partial charge < -0.3 is 14.7 Å². The fourth-order valence-corrected chi connectivity index (χ4v) is 2.19. The molecule has 2 aromatic heterocycles. The summed E-state index contributed by atoms with van der Waals surface area (Å²) in [6.07, 6.45) is 1.35. The molecule has 0 aliphatic carbocycles. The first-order valence-corrected chi connectivity index (χ1v) is 6.34. The molecule has 0 saturated heterocycles. The van der Waals surface area contributed by atoms with Gasteiger partial charge in [0.15, 0.2) is 17.3 Å². The van der Waals surface area contributed by atoms with Crippen molar-refractivity contribution in [2.45, 2.75) is 13.8 Å². The Kier molecular flexibility index (Phi) is 2.95. The zero-order valence-electron chi connectivity index (χ0n) is 11.5. The van der Waals surface area contributed by atoms with Gasteiger partial charge in [-0.15, -0.1) is 0 Å². The number of carbonyl (C=O) groups is 1. The summed E-state index contributed by atoms with van der Waals surface area (Å²) in [4.78, 5) is 18.8. The molecule has 0 aliphatic rings. The van der Waals surface area contributed by atoms with Gasteiger partial charge in [0.1, 0.15) is 11.7 Å². The summed E-state index contributed by atoms with van der Waals surface area (Å²) in [7, 11) is 0. The molecule has 1 aromatic carbocycles. The lowest BCUT2D eigenvalue weighted by Crippen LogP contribution is -2.13. The van der Waals surface area contributed by atoms with Crippen LogP contribution in [-0.2, 0) is 0 Å². The van der Waals surface area contributed by atoms with E-state index in [0.717, 1.165) is 16.5 Å². The number of furan rings is 1. The Morgan fingerprint density at radius 1 is 1.43 bits per heavy atom. The summed E-state index contributed by atoms with van der Waals surface area (Å²) >= 11 is 0. The lowest BCUT2D eigenvalue weighted by atomic mass is 10.1. The third-order valence-corrected chi connectivity index (χ3v) is 3.28. The number of hydrogen-bond donors (Lipinski definition) is 2. The van der Waals surface area contributed by atoms with Gasteiger partial charge in [-0.25, -0.2) is 4.98 Å². The Balaban J connectivity index is 1.99. The van der Waals surface area contributed by atoms with Crippen LogP contribution in [0.4, 0.5) is 5.82 Å². The van der Waals surface area contributed by atoms with Crippen molar-refractivity contribution in [3.8, 4) is 6.07 Å². The van der Waals surface area contributed by atoms with Gasteiger partial charge in [0.25, 0.3) is 5.91 Å². The van der Waals surface area contributed by atoms with Crippen molar-refractivity contribution >= 4 is 22.7 Å². The Morgan fingerprint density at radius 3 is 3.00 bits per heavy atom. The van der Waals surface area contributed by atoms with Crippen molar-refractivity contribution in [2.24, 2.45) is 0 Å². The number of nitriles is 1. The lowest BCUT2D eigenvalue weighted by molar-refractivity contribution is 0.0997. The molecule has 1 amide bonds. The molecule has 0 aliphatic heterocycles. The Hall–Kier alpha value is -3.07. The number of nitrogens with one attached hydrogen (secondary N) is 2. The number of carbonyl (C=O) groups excluding carboxylic acids is 1. The number of fused-ring (bicyclic) bond motifs is 1. The van der Waals surface area contributed by atoms with Crippen LogP contribution in [0.3, 0.4) is 0 Å². The molecule has 0 unspecified atom stereocenters. The molecule has 0 radical (unpaired) electrons. The number of aryl methyl sites for hydroxylation is 2. The molecule has 3 aromatic rings. The van der Waals surface area contributed by atoms with Crippen LogP contribution in [0.15, 0.2) is 28.9 Å². The largest absolute Gasteiger partial charge is 0.451 e. The fraction of sp³-hybridized carbons (Fsp3) is 0.133. The van der Waals surface area contributed by atoms with Crippen LogP contribution < -0.4 is 5.32 Å². The predicted molar refractivity (Wildman–Crippen MR) is 76.9 cm³/mol. The second-order valence-electron chi connectivity index (χ2n) is 4.75. The quantitative estimate of drug-likeness (QED) is 0.754. The standard InChI is InChI=1S/C15H12N4O2/c1-8-3-4-10-9(2)13(21-12(10)5-8)15(20)19-14-11(6-16)17-7-18-14/h3-5,7H,1-2H3,(H,17,18)(H,19,20). The molecule has 0 fully saturated rings. The van der Waals surface area contributed by atoms with Gasteiger partial charge in [0, 0.05) is 10.9 Å². The third kappa shape index (κ3) is 2.15. The summed E-state index contributed by atoms with van der Waals surface area (Å²) < 4.78 is 5.63. The van der Waals surface area contributed by atoms with Crippen LogP contribution in [-0.4, -0.2) is 15.9 Å². The maximum absolute atomic E-state index is 12.3. The number of anilines is 1. The molecule has 0 spiro atoms. The number of nitrogens with zero attached hydrogens (tertiary/aromatic N) is 2. The van der Waals surface area contributed by atoms with Crippen molar-refractivity contribution in [3.63, 3.8) is 0 Å². The summed E-state index contributed by atoms with van der Waals surface area (Å²) in [6.45, 7) is 3.78. The Bertz CT molecular complexity index is 883. The van der Waals surface area contributed by atoms with Gasteiger partial charge >= 0.3 is 0 Å². The second kappa shape index (κ2) is 4.80. The van der Waals surface area contributed by atoms with Gasteiger partial charge in [0.05, 0.1) is 6.33 Å². The summed E-state index contributed by atoms with van der Waals surface area (Å²) in [5.41, 5.74) is 2.69. The topological polar surface area (TPSA) is 94.7 Å². The molecular formula is C15H12N4O2. The first kappa shape index (κ1) is 12.9. The highest BCUT2D eigenvalue weighted by molar-refractivity contribution is 6.06. The van der Waals surface area contributed by atoms with Crippen molar-refractivity contribution < 1.29 is 9.21 Å². The highest BCUT2D eigenvalue weighted by Crippen LogP contribution is 2.26. The molecular weight excluding hydrogens is 268 g/mol. The van der Waals surface area contributed by atoms with E-state index in [-0.39, 0.29) is 17.3 Å². The molecule has 6 heteroatoms. The van der Waals surface area contributed by atoms with Crippen molar-refractivity contribution in [3.05, 3.63) is 47.1 Å². The van der Waals surface area contributed by atoms with E-state index < -0.39 is 5.91 Å². The van der Waals surface area contributed by atoms with E-state index in [0.29, 0.717) is 5.58 Å². The lowest BCUT2D eigenvalue weighted by Gasteiger charge is -2.00. The predicted octanol–water partition coefficient (Wildman–Crippen LogP) is 2.90. The van der Waals surface area contributed by atoms with Crippen LogP contribution in [0.5, 0.6) is 0 Å². The van der Waals surface area contributed by atoms with Crippen LogP contribution in [0.25, 0.3) is 11.0 Å². The van der Waals surface area contributed by atoms with Gasteiger partial charge in [0.2, 0.25) is 0 Å². The molecule has 2 N–H and O–H groups in total. The van der Waals surface area contributed by atoms with Gasteiger partial charge in [-0.1, -0.05) is 12.1 Å². The number of aromatic nitrogens is 2. The summed E-state index contributed by atoms with van der Waals surface area (Å²) in [5, 5.41) is 12.4. The van der Waals surface area contributed by atoms with E-state index >= 15 is 0 Å². The van der Waals surface area contributed by atoms with E-state index in [2.05, 4.69) is 15.3 Å². The van der Waals surface area contributed by atoms with Gasteiger partial charge in [-0.05, 0) is 25.5 Å². The first-order chi connectivity index (χ1) is 10.1. The summed E-state index contributed by atoms with van der Waals surface area (Å²) in [5.74, 6) is -0.00835. The minimum Gasteiger partial charge on any atom is -0.451 e. The van der Waals surface area contributed by atoms with Crippen LogP contribution >= 0.6 is 0 Å². The smallest absolute Gasteiger partial charge is 0.292 e. The monoisotopic (exact) mass is 280 g/mol. The van der Waals surface area contributed by atoms with Gasteiger partial charge in [-0.3, -0.25) is 4.79 Å². The maximum Gasteiger partial charge on any atom is 0.292 e.